The molecule has 0 unspecified atom stereocenters. The lowest BCUT2D eigenvalue weighted by Crippen LogP contribution is -2.36. The molecule has 0 bridgehead atoms. The predicted octanol–water partition coefficient (Wildman–Crippen LogP) is 1.59. The molecule has 1 fully saturated rings. The molecule has 1 spiro atoms. The number of rotatable bonds is 4. The zero-order valence-corrected chi connectivity index (χ0v) is 15.8. The van der Waals surface area contributed by atoms with Crippen molar-refractivity contribution in [1.29, 1.82) is 0 Å². The molecule has 1 aliphatic heterocycles. The molecule has 29 heavy (non-hydrogen) atoms. The van der Waals surface area contributed by atoms with Crippen LogP contribution in [-0.4, -0.2) is 35.3 Å². The van der Waals surface area contributed by atoms with E-state index in [-0.39, 0.29) is 22.5 Å². The fraction of sp³-hybridized carbons (Fsp3) is 0.286. The summed E-state index contributed by atoms with van der Waals surface area (Å²) >= 11 is 0. The first-order chi connectivity index (χ1) is 13.9. The predicted molar refractivity (Wildman–Crippen MR) is 109 cm³/mol. The number of anilines is 2. The molecule has 148 valence electrons. The van der Waals surface area contributed by atoms with Crippen LogP contribution < -0.4 is 16.1 Å². The molecule has 4 N–H and O–H groups in total. The summed E-state index contributed by atoms with van der Waals surface area (Å²) in [5.74, 6) is -0.397. The second-order valence-electron chi connectivity index (χ2n) is 7.65. The summed E-state index contributed by atoms with van der Waals surface area (Å²) in [7, 11) is -1.79. The Morgan fingerprint density at radius 1 is 1.10 bits per heavy atom. The van der Waals surface area contributed by atoms with Crippen molar-refractivity contribution in [2.75, 3.05) is 10.6 Å². The smallest absolute Gasteiger partial charge is 0.423 e. The van der Waals surface area contributed by atoms with Gasteiger partial charge < -0.3 is 20.7 Å². The van der Waals surface area contributed by atoms with Gasteiger partial charge in [0.25, 0.3) is 5.91 Å². The van der Waals surface area contributed by atoms with Gasteiger partial charge in [0.1, 0.15) is 6.29 Å². The number of hydrogen-bond acceptors (Lipinski definition) is 5. The second kappa shape index (κ2) is 7.46. The van der Waals surface area contributed by atoms with E-state index in [0.29, 0.717) is 12.0 Å². The number of carbonyl (C=O) groups excluding carboxylic acids is 3. The molecule has 1 saturated carbocycles. The average Bonchev–Trinajstić information content (AvgIpc) is 2.99. The minimum atomic E-state index is -1.79. The Morgan fingerprint density at radius 3 is 2.55 bits per heavy atom. The molecule has 0 saturated heterocycles. The topological polar surface area (TPSA) is 116 Å². The first-order valence-corrected chi connectivity index (χ1v) is 9.67. The summed E-state index contributed by atoms with van der Waals surface area (Å²) in [4.78, 5) is 36.5. The SMILES string of the molecule is O=Cc1cc(C(=O)Nc2ccc3c(c2)C2(CCCCC2)C(=O)N3)ccc1B(O)O. The Kier molecular flexibility index (Phi) is 4.98. The van der Waals surface area contributed by atoms with E-state index in [1.165, 1.54) is 18.2 Å². The summed E-state index contributed by atoms with van der Waals surface area (Å²) in [5.41, 5.74) is 2.06. The van der Waals surface area contributed by atoms with E-state index in [2.05, 4.69) is 10.6 Å². The number of hydrogen-bond donors (Lipinski definition) is 4. The Morgan fingerprint density at radius 2 is 1.86 bits per heavy atom. The van der Waals surface area contributed by atoms with Gasteiger partial charge in [-0.3, -0.25) is 14.4 Å². The van der Waals surface area contributed by atoms with Gasteiger partial charge in [-0.15, -0.1) is 0 Å². The maximum Gasteiger partial charge on any atom is 0.489 e. The van der Waals surface area contributed by atoms with Gasteiger partial charge in [-0.05, 0) is 54.2 Å². The van der Waals surface area contributed by atoms with Crippen LogP contribution in [0.2, 0.25) is 0 Å². The molecule has 2 aliphatic rings. The minimum Gasteiger partial charge on any atom is -0.423 e. The number of aldehydes is 1. The highest BCUT2D eigenvalue weighted by Gasteiger charge is 2.47. The van der Waals surface area contributed by atoms with Crippen molar-refractivity contribution >= 4 is 42.1 Å². The van der Waals surface area contributed by atoms with Crippen LogP contribution in [0.4, 0.5) is 11.4 Å². The zero-order valence-electron chi connectivity index (χ0n) is 15.8. The van der Waals surface area contributed by atoms with Crippen molar-refractivity contribution in [3.8, 4) is 0 Å². The van der Waals surface area contributed by atoms with Crippen molar-refractivity contribution in [1.82, 2.24) is 0 Å². The van der Waals surface area contributed by atoms with E-state index >= 15 is 0 Å². The van der Waals surface area contributed by atoms with Crippen LogP contribution in [0.25, 0.3) is 0 Å². The van der Waals surface area contributed by atoms with Gasteiger partial charge in [-0.1, -0.05) is 25.3 Å². The van der Waals surface area contributed by atoms with Crippen molar-refractivity contribution in [3.05, 3.63) is 53.1 Å². The van der Waals surface area contributed by atoms with Gasteiger partial charge in [0.15, 0.2) is 0 Å². The van der Waals surface area contributed by atoms with E-state index in [0.717, 1.165) is 43.4 Å². The number of benzene rings is 2. The summed E-state index contributed by atoms with van der Waals surface area (Å²) in [6.07, 6.45) is 5.21. The van der Waals surface area contributed by atoms with E-state index < -0.39 is 18.4 Å². The summed E-state index contributed by atoms with van der Waals surface area (Å²) in [6.45, 7) is 0. The van der Waals surface area contributed by atoms with E-state index in [4.69, 9.17) is 0 Å². The maximum atomic E-state index is 12.7. The molecular weight excluding hydrogens is 371 g/mol. The van der Waals surface area contributed by atoms with Gasteiger partial charge in [-0.25, -0.2) is 0 Å². The van der Waals surface area contributed by atoms with Crippen LogP contribution in [0.15, 0.2) is 36.4 Å². The largest absolute Gasteiger partial charge is 0.489 e. The maximum absolute atomic E-state index is 12.7. The molecular formula is C21H21BN2O5. The summed E-state index contributed by atoms with van der Waals surface area (Å²) in [5, 5.41) is 24.4. The first kappa shape index (κ1) is 19.4. The Balaban J connectivity index is 1.61. The van der Waals surface area contributed by atoms with Crippen LogP contribution in [0.5, 0.6) is 0 Å². The Labute approximate surface area is 168 Å². The standard InChI is InChI=1S/C21H21BN2O5/c25-12-14-10-13(4-6-17(14)22(28)29)19(26)23-15-5-7-18-16(11-15)21(20(27)24-18)8-2-1-3-9-21/h4-7,10-12,28-29H,1-3,8-9H2,(H,23,26)(H,24,27). The molecule has 0 radical (unpaired) electrons. The molecule has 0 atom stereocenters. The monoisotopic (exact) mass is 392 g/mol. The highest BCUT2D eigenvalue weighted by Crippen LogP contribution is 2.48. The van der Waals surface area contributed by atoms with Crippen molar-refractivity contribution in [2.24, 2.45) is 0 Å². The normalized spacial score (nSPS) is 16.8. The molecule has 1 aliphatic carbocycles. The van der Waals surface area contributed by atoms with E-state index in [9.17, 15) is 24.4 Å². The van der Waals surface area contributed by atoms with Crippen molar-refractivity contribution < 1.29 is 24.4 Å². The van der Waals surface area contributed by atoms with Gasteiger partial charge in [0, 0.05) is 22.5 Å². The quantitative estimate of drug-likeness (QED) is 0.466. The molecule has 2 aromatic carbocycles. The third-order valence-corrected chi connectivity index (χ3v) is 5.94. The molecule has 2 amide bonds. The third kappa shape index (κ3) is 3.34. The van der Waals surface area contributed by atoms with Gasteiger partial charge >= 0.3 is 7.12 Å². The molecule has 2 aromatic rings. The lowest BCUT2D eigenvalue weighted by molar-refractivity contribution is -0.121. The second-order valence-corrected chi connectivity index (χ2v) is 7.65. The minimum absolute atomic E-state index is 0.0319. The highest BCUT2D eigenvalue weighted by atomic mass is 16.4. The molecule has 8 heteroatoms. The lowest BCUT2D eigenvalue weighted by atomic mass is 9.70. The zero-order chi connectivity index (χ0) is 20.6. The highest BCUT2D eigenvalue weighted by molar-refractivity contribution is 6.60. The number of carbonyl (C=O) groups is 3. The third-order valence-electron chi connectivity index (χ3n) is 5.94. The summed E-state index contributed by atoms with van der Waals surface area (Å²) in [6, 6.07) is 9.46. The molecule has 4 rings (SSSR count). The number of nitrogens with one attached hydrogen (secondary N) is 2. The fourth-order valence-corrected chi connectivity index (χ4v) is 4.40. The van der Waals surface area contributed by atoms with E-state index in [1.54, 1.807) is 12.1 Å². The lowest BCUT2D eigenvalue weighted by Gasteiger charge is -2.31. The Hall–Kier alpha value is -2.97. The molecule has 7 nitrogen and oxygen atoms in total. The average molecular weight is 392 g/mol. The van der Waals surface area contributed by atoms with Crippen LogP contribution >= 0.6 is 0 Å². The van der Waals surface area contributed by atoms with E-state index in [1.807, 2.05) is 6.07 Å². The first-order valence-electron chi connectivity index (χ1n) is 9.67. The van der Waals surface area contributed by atoms with Crippen LogP contribution in [0.1, 0.15) is 58.4 Å². The van der Waals surface area contributed by atoms with Gasteiger partial charge in [-0.2, -0.15) is 0 Å². The fourth-order valence-electron chi connectivity index (χ4n) is 4.40. The van der Waals surface area contributed by atoms with Crippen LogP contribution in [0.3, 0.4) is 0 Å². The van der Waals surface area contributed by atoms with Crippen molar-refractivity contribution in [3.63, 3.8) is 0 Å². The molecule has 0 aromatic heterocycles. The van der Waals surface area contributed by atoms with Gasteiger partial charge in [0.05, 0.1) is 5.41 Å². The Bertz CT molecular complexity index is 999. The van der Waals surface area contributed by atoms with Crippen LogP contribution in [0, 0.1) is 0 Å². The van der Waals surface area contributed by atoms with Gasteiger partial charge in [0.2, 0.25) is 5.91 Å². The molecule has 1 heterocycles. The summed E-state index contributed by atoms with van der Waals surface area (Å²) < 4.78 is 0. The van der Waals surface area contributed by atoms with Crippen LogP contribution in [-0.2, 0) is 10.2 Å². The number of amides is 2. The van der Waals surface area contributed by atoms with Crippen molar-refractivity contribution in [2.45, 2.75) is 37.5 Å². The number of fused-ring (bicyclic) bond motifs is 2.